The first-order chi connectivity index (χ1) is 14.1. The Morgan fingerprint density at radius 1 is 1.07 bits per heavy atom. The van der Waals surface area contributed by atoms with Gasteiger partial charge in [0.25, 0.3) is 5.56 Å². The molecule has 0 saturated carbocycles. The summed E-state index contributed by atoms with van der Waals surface area (Å²) in [5.41, 5.74) is -1.80. The van der Waals surface area contributed by atoms with Crippen LogP contribution >= 0.6 is 34.8 Å². The van der Waals surface area contributed by atoms with Gasteiger partial charge in [-0.25, -0.2) is 14.6 Å². The molecule has 3 heterocycles. The number of halogens is 6. The van der Waals surface area contributed by atoms with Crippen molar-refractivity contribution in [2.75, 3.05) is 0 Å². The Bertz CT molecular complexity index is 1360. The van der Waals surface area contributed by atoms with Gasteiger partial charge < -0.3 is 0 Å². The Morgan fingerprint density at radius 2 is 1.80 bits per heavy atom. The maximum Gasteiger partial charge on any atom is 0.435 e. The topological polar surface area (TPSA) is 65.6 Å². The second kappa shape index (κ2) is 7.26. The quantitative estimate of drug-likeness (QED) is 0.402. The van der Waals surface area contributed by atoms with Crippen LogP contribution < -0.4 is 5.56 Å². The Morgan fingerprint density at radius 3 is 2.47 bits per heavy atom. The highest BCUT2D eigenvalue weighted by Gasteiger charge is 2.36. The van der Waals surface area contributed by atoms with Gasteiger partial charge in [-0.1, -0.05) is 34.8 Å². The summed E-state index contributed by atoms with van der Waals surface area (Å²) in [4.78, 5) is 21.2. The van der Waals surface area contributed by atoms with Crippen molar-refractivity contribution in [3.8, 4) is 17.3 Å². The van der Waals surface area contributed by atoms with Crippen LogP contribution in [0.15, 0.2) is 41.3 Å². The smallest absolute Gasteiger partial charge is 0.294 e. The van der Waals surface area contributed by atoms with Crippen LogP contribution in [-0.2, 0) is 13.2 Å². The van der Waals surface area contributed by atoms with Crippen LogP contribution in [0, 0.1) is 0 Å². The third kappa shape index (κ3) is 3.42. The summed E-state index contributed by atoms with van der Waals surface area (Å²) >= 11 is 18.3. The molecular formula is C18H9Cl3F3N5O. The van der Waals surface area contributed by atoms with Gasteiger partial charge in [-0.2, -0.15) is 18.3 Å². The molecule has 1 aromatic carbocycles. The molecule has 0 amide bonds. The van der Waals surface area contributed by atoms with Gasteiger partial charge in [0.15, 0.2) is 17.3 Å². The predicted octanol–water partition coefficient (Wildman–Crippen LogP) is 5.16. The van der Waals surface area contributed by atoms with Crippen LogP contribution in [0.4, 0.5) is 13.2 Å². The number of aromatic nitrogens is 5. The fourth-order valence-electron chi connectivity index (χ4n) is 2.90. The van der Waals surface area contributed by atoms with Gasteiger partial charge in [0.2, 0.25) is 0 Å². The zero-order valence-electron chi connectivity index (χ0n) is 14.9. The van der Waals surface area contributed by atoms with E-state index in [-0.39, 0.29) is 43.3 Å². The molecule has 0 aliphatic carbocycles. The first-order valence-corrected chi connectivity index (χ1v) is 9.35. The van der Waals surface area contributed by atoms with E-state index in [0.29, 0.717) is 0 Å². The summed E-state index contributed by atoms with van der Waals surface area (Å²) in [7, 11) is 1.36. The molecule has 0 bridgehead atoms. The molecule has 0 radical (unpaired) electrons. The number of pyridine rings is 1. The minimum absolute atomic E-state index is 0.0544. The summed E-state index contributed by atoms with van der Waals surface area (Å²) in [6.07, 6.45) is -3.40. The molecule has 0 saturated heterocycles. The first-order valence-electron chi connectivity index (χ1n) is 8.22. The monoisotopic (exact) mass is 473 g/mol. The summed E-state index contributed by atoms with van der Waals surface area (Å²) in [6, 6.07) is 6.51. The summed E-state index contributed by atoms with van der Waals surface area (Å²) < 4.78 is 42.2. The normalized spacial score (nSPS) is 12.0. The van der Waals surface area contributed by atoms with Crippen molar-refractivity contribution in [2.24, 2.45) is 7.05 Å². The van der Waals surface area contributed by atoms with Crippen LogP contribution in [0.3, 0.4) is 0 Å². The highest BCUT2D eigenvalue weighted by Crippen LogP contribution is 2.34. The molecule has 0 aliphatic rings. The van der Waals surface area contributed by atoms with Gasteiger partial charge in [-0.15, -0.1) is 0 Å². The molecule has 0 unspecified atom stereocenters. The fraction of sp³-hybridized carbons (Fsp3) is 0.111. The largest absolute Gasteiger partial charge is 0.435 e. The van der Waals surface area contributed by atoms with Crippen LogP contribution in [0.1, 0.15) is 5.69 Å². The van der Waals surface area contributed by atoms with Gasteiger partial charge in [0, 0.05) is 24.3 Å². The summed E-state index contributed by atoms with van der Waals surface area (Å²) in [6.45, 7) is 0. The number of hydrogen-bond donors (Lipinski definition) is 0. The predicted molar refractivity (Wildman–Crippen MR) is 107 cm³/mol. The second-order valence-corrected chi connectivity index (χ2v) is 7.47. The van der Waals surface area contributed by atoms with Gasteiger partial charge in [0.1, 0.15) is 5.69 Å². The van der Waals surface area contributed by atoms with Crippen molar-refractivity contribution in [3.63, 3.8) is 0 Å². The van der Waals surface area contributed by atoms with Crippen molar-refractivity contribution in [1.29, 1.82) is 0 Å². The lowest BCUT2D eigenvalue weighted by molar-refractivity contribution is -0.141. The SMILES string of the molecule is Cn1c(-c2cc(C(F)(F)F)nn2-c2ncccc2Cl)nc2c(Cl)cc(Cl)cc2c1=O. The van der Waals surface area contributed by atoms with Crippen LogP contribution in [0.2, 0.25) is 15.1 Å². The van der Waals surface area contributed by atoms with E-state index in [9.17, 15) is 18.0 Å². The minimum Gasteiger partial charge on any atom is -0.294 e. The zero-order chi connectivity index (χ0) is 21.8. The van der Waals surface area contributed by atoms with Crippen molar-refractivity contribution < 1.29 is 13.2 Å². The summed E-state index contributed by atoms with van der Waals surface area (Å²) in [5.74, 6) is -0.164. The molecule has 3 aromatic heterocycles. The Balaban J connectivity index is 2.09. The number of rotatable bonds is 2. The van der Waals surface area contributed by atoms with E-state index in [4.69, 9.17) is 34.8 Å². The first kappa shape index (κ1) is 20.6. The van der Waals surface area contributed by atoms with Gasteiger partial charge in [-0.3, -0.25) is 9.36 Å². The van der Waals surface area contributed by atoms with Crippen LogP contribution in [0.25, 0.3) is 28.2 Å². The molecule has 0 fully saturated rings. The molecule has 4 aromatic rings. The lowest BCUT2D eigenvalue weighted by Gasteiger charge is -2.12. The fourth-order valence-corrected chi connectivity index (χ4v) is 3.64. The molecule has 0 aliphatic heterocycles. The molecule has 30 heavy (non-hydrogen) atoms. The highest BCUT2D eigenvalue weighted by molar-refractivity contribution is 6.38. The number of alkyl halides is 3. The van der Waals surface area contributed by atoms with E-state index in [1.165, 1.54) is 37.5 Å². The van der Waals surface area contributed by atoms with Gasteiger partial charge in [-0.05, 0) is 24.3 Å². The van der Waals surface area contributed by atoms with Crippen molar-refractivity contribution in [2.45, 2.75) is 6.18 Å². The zero-order valence-corrected chi connectivity index (χ0v) is 17.1. The average Bonchev–Trinajstić information content (AvgIpc) is 3.11. The molecule has 0 spiro atoms. The van der Waals surface area contributed by atoms with E-state index in [2.05, 4.69) is 15.1 Å². The third-order valence-electron chi connectivity index (χ3n) is 4.27. The van der Waals surface area contributed by atoms with Crippen LogP contribution in [-0.4, -0.2) is 24.3 Å². The Hall–Kier alpha value is -2.62. The van der Waals surface area contributed by atoms with Gasteiger partial charge in [0.05, 0.1) is 20.9 Å². The van der Waals surface area contributed by atoms with E-state index in [1.807, 2.05) is 0 Å². The molecule has 4 rings (SSSR count). The third-order valence-corrected chi connectivity index (χ3v) is 5.07. The molecule has 12 heteroatoms. The average molecular weight is 475 g/mol. The number of nitrogens with zero attached hydrogens (tertiary/aromatic N) is 5. The lowest BCUT2D eigenvalue weighted by Crippen LogP contribution is -2.21. The highest BCUT2D eigenvalue weighted by atomic mass is 35.5. The second-order valence-electron chi connectivity index (χ2n) is 6.22. The van der Waals surface area contributed by atoms with Gasteiger partial charge >= 0.3 is 6.18 Å². The maximum absolute atomic E-state index is 13.4. The number of benzene rings is 1. The van der Waals surface area contributed by atoms with Crippen molar-refractivity contribution in [3.05, 3.63) is 67.6 Å². The molecule has 0 N–H and O–H groups in total. The molecule has 6 nitrogen and oxygen atoms in total. The van der Waals surface area contributed by atoms with E-state index < -0.39 is 17.4 Å². The molecule has 154 valence electrons. The molecule has 0 atom stereocenters. The molecular weight excluding hydrogens is 466 g/mol. The standard InChI is InChI=1S/C18H9Cl3F3N5O/c1-28-16(26-14-9(17(28)30)5-8(19)6-11(14)21)12-7-13(18(22,23)24)27-29(12)15-10(20)3-2-4-25-15/h2-7H,1H3. The summed E-state index contributed by atoms with van der Waals surface area (Å²) in [5, 5.41) is 4.10. The Labute approximate surface area is 181 Å². The number of fused-ring (bicyclic) bond motifs is 1. The Kier molecular flexibility index (Phi) is 5.00. The van der Waals surface area contributed by atoms with Crippen molar-refractivity contribution >= 4 is 45.7 Å². The van der Waals surface area contributed by atoms with Crippen molar-refractivity contribution in [1.82, 2.24) is 24.3 Å². The van der Waals surface area contributed by atoms with E-state index in [0.717, 1.165) is 15.3 Å². The van der Waals surface area contributed by atoms with E-state index >= 15 is 0 Å². The van der Waals surface area contributed by atoms with E-state index in [1.54, 1.807) is 0 Å². The minimum atomic E-state index is -4.75. The lowest BCUT2D eigenvalue weighted by atomic mass is 10.2. The number of hydrogen-bond acceptors (Lipinski definition) is 4. The van der Waals surface area contributed by atoms with Crippen LogP contribution in [0.5, 0.6) is 0 Å². The maximum atomic E-state index is 13.4.